The van der Waals surface area contributed by atoms with Gasteiger partial charge < -0.3 is 20.5 Å². The standard InChI is InChI=1S/C13H17FN2O3S/c1-18-4-5-19-8-12(17)16-7-10-3-2-9(13(15)20)6-11(10)14/h2-3,6H,4-5,7-8H2,1H3,(H2,15,20)(H,16,17). The van der Waals surface area contributed by atoms with Crippen molar-refractivity contribution in [2.45, 2.75) is 6.54 Å². The number of ether oxygens (including phenoxy) is 2. The molecule has 0 radical (unpaired) electrons. The molecule has 0 bridgehead atoms. The van der Waals surface area contributed by atoms with E-state index in [0.29, 0.717) is 24.3 Å². The summed E-state index contributed by atoms with van der Waals surface area (Å²) < 4.78 is 23.5. The first-order chi connectivity index (χ1) is 9.54. The van der Waals surface area contributed by atoms with Crippen molar-refractivity contribution in [3.8, 4) is 0 Å². The van der Waals surface area contributed by atoms with E-state index in [1.165, 1.54) is 12.1 Å². The molecule has 7 heteroatoms. The number of carbonyl (C=O) groups is 1. The Balaban J connectivity index is 2.41. The fraction of sp³-hybridized carbons (Fsp3) is 0.385. The van der Waals surface area contributed by atoms with Gasteiger partial charge in [0.05, 0.1) is 13.2 Å². The third kappa shape index (κ3) is 5.60. The molecular weight excluding hydrogens is 283 g/mol. The normalized spacial score (nSPS) is 10.3. The van der Waals surface area contributed by atoms with Gasteiger partial charge >= 0.3 is 0 Å². The van der Waals surface area contributed by atoms with Crippen molar-refractivity contribution >= 4 is 23.1 Å². The number of carbonyl (C=O) groups excluding carboxylic acids is 1. The lowest BCUT2D eigenvalue weighted by Crippen LogP contribution is -2.28. The highest BCUT2D eigenvalue weighted by molar-refractivity contribution is 7.80. The predicted molar refractivity (Wildman–Crippen MR) is 76.8 cm³/mol. The highest BCUT2D eigenvalue weighted by atomic mass is 32.1. The number of nitrogens with two attached hydrogens (primary N) is 1. The van der Waals surface area contributed by atoms with Gasteiger partial charge in [-0.05, 0) is 6.07 Å². The first-order valence-corrected chi connectivity index (χ1v) is 6.37. The molecule has 3 N–H and O–H groups in total. The van der Waals surface area contributed by atoms with Gasteiger partial charge in [-0.3, -0.25) is 4.79 Å². The van der Waals surface area contributed by atoms with Gasteiger partial charge in [-0.2, -0.15) is 0 Å². The molecule has 1 rings (SSSR count). The van der Waals surface area contributed by atoms with Gasteiger partial charge in [0, 0.05) is 24.8 Å². The van der Waals surface area contributed by atoms with Gasteiger partial charge in [0.15, 0.2) is 0 Å². The fourth-order valence-electron chi connectivity index (χ4n) is 1.40. The molecule has 5 nitrogen and oxygen atoms in total. The highest BCUT2D eigenvalue weighted by Gasteiger charge is 2.07. The minimum absolute atomic E-state index is 0.0793. The van der Waals surface area contributed by atoms with E-state index in [9.17, 15) is 9.18 Å². The Morgan fingerprint density at radius 3 is 2.80 bits per heavy atom. The van der Waals surface area contributed by atoms with E-state index < -0.39 is 5.82 Å². The lowest BCUT2D eigenvalue weighted by Gasteiger charge is -2.08. The van der Waals surface area contributed by atoms with Crippen molar-refractivity contribution in [1.82, 2.24) is 5.32 Å². The number of nitrogens with one attached hydrogen (secondary N) is 1. The summed E-state index contributed by atoms with van der Waals surface area (Å²) >= 11 is 4.76. The molecule has 0 heterocycles. The average Bonchev–Trinajstić information content (AvgIpc) is 2.42. The quantitative estimate of drug-likeness (QED) is 0.547. The van der Waals surface area contributed by atoms with E-state index in [-0.39, 0.29) is 24.0 Å². The number of hydrogen-bond acceptors (Lipinski definition) is 4. The zero-order valence-corrected chi connectivity index (χ0v) is 12.0. The molecule has 0 aliphatic rings. The molecule has 0 aliphatic heterocycles. The van der Waals surface area contributed by atoms with Gasteiger partial charge in [-0.15, -0.1) is 0 Å². The van der Waals surface area contributed by atoms with E-state index in [4.69, 9.17) is 27.4 Å². The molecule has 0 saturated carbocycles. The molecule has 1 aromatic rings. The summed E-state index contributed by atoms with van der Waals surface area (Å²) in [6.07, 6.45) is 0. The Labute approximate surface area is 122 Å². The summed E-state index contributed by atoms with van der Waals surface area (Å²) in [6, 6.07) is 4.40. The van der Waals surface area contributed by atoms with Crippen LogP contribution in [0.4, 0.5) is 4.39 Å². The van der Waals surface area contributed by atoms with Crippen LogP contribution >= 0.6 is 12.2 Å². The fourth-order valence-corrected chi connectivity index (χ4v) is 1.52. The first kappa shape index (κ1) is 16.5. The second kappa shape index (κ2) is 8.57. The topological polar surface area (TPSA) is 73.6 Å². The number of halogens is 1. The van der Waals surface area contributed by atoms with Crippen LogP contribution in [0.3, 0.4) is 0 Å². The van der Waals surface area contributed by atoms with Crippen LogP contribution in [0.15, 0.2) is 18.2 Å². The third-order valence-corrected chi connectivity index (χ3v) is 2.71. The summed E-state index contributed by atoms with van der Waals surface area (Å²) in [7, 11) is 1.54. The molecule has 0 unspecified atom stereocenters. The molecule has 1 aromatic carbocycles. The molecule has 0 saturated heterocycles. The van der Waals surface area contributed by atoms with Gasteiger partial charge in [0.2, 0.25) is 5.91 Å². The maximum Gasteiger partial charge on any atom is 0.246 e. The Kier molecular flexibility index (Phi) is 7.06. The molecule has 0 atom stereocenters. The Morgan fingerprint density at radius 2 is 2.20 bits per heavy atom. The van der Waals surface area contributed by atoms with Gasteiger partial charge in [0.25, 0.3) is 0 Å². The number of thiocarbonyl (C=S) groups is 1. The van der Waals surface area contributed by atoms with Crippen molar-refractivity contribution in [2.24, 2.45) is 5.73 Å². The van der Waals surface area contributed by atoms with Crippen LogP contribution in [0.2, 0.25) is 0 Å². The maximum absolute atomic E-state index is 13.7. The van der Waals surface area contributed by atoms with E-state index in [1.807, 2.05) is 0 Å². The first-order valence-electron chi connectivity index (χ1n) is 5.96. The SMILES string of the molecule is COCCOCC(=O)NCc1ccc(C(N)=S)cc1F. The minimum Gasteiger partial charge on any atom is -0.389 e. The number of rotatable bonds is 8. The number of amides is 1. The summed E-state index contributed by atoms with van der Waals surface area (Å²) in [5.74, 6) is -0.783. The molecular formula is C13H17FN2O3S. The smallest absolute Gasteiger partial charge is 0.246 e. The van der Waals surface area contributed by atoms with Crippen LogP contribution < -0.4 is 11.1 Å². The number of benzene rings is 1. The lowest BCUT2D eigenvalue weighted by molar-refractivity contribution is -0.126. The van der Waals surface area contributed by atoms with Gasteiger partial charge in [-0.25, -0.2) is 4.39 Å². The van der Waals surface area contributed by atoms with Crippen molar-refractivity contribution in [1.29, 1.82) is 0 Å². The summed E-state index contributed by atoms with van der Waals surface area (Å²) in [5, 5.41) is 2.56. The Morgan fingerprint density at radius 1 is 1.45 bits per heavy atom. The van der Waals surface area contributed by atoms with E-state index >= 15 is 0 Å². The highest BCUT2D eigenvalue weighted by Crippen LogP contribution is 2.10. The Bertz CT molecular complexity index is 483. The van der Waals surface area contributed by atoms with Crippen molar-refractivity contribution in [2.75, 3.05) is 26.9 Å². The van der Waals surface area contributed by atoms with Crippen molar-refractivity contribution < 1.29 is 18.7 Å². The number of hydrogen-bond donors (Lipinski definition) is 2. The van der Waals surface area contributed by atoms with E-state index in [2.05, 4.69) is 5.32 Å². The molecule has 0 spiro atoms. The molecule has 0 aliphatic carbocycles. The Hall–Kier alpha value is -1.57. The van der Waals surface area contributed by atoms with E-state index in [0.717, 1.165) is 0 Å². The molecule has 0 aromatic heterocycles. The second-order valence-electron chi connectivity index (χ2n) is 3.99. The van der Waals surface area contributed by atoms with Crippen LogP contribution in [0.1, 0.15) is 11.1 Å². The average molecular weight is 300 g/mol. The lowest BCUT2D eigenvalue weighted by atomic mass is 10.1. The summed E-state index contributed by atoms with van der Waals surface area (Å²) in [4.78, 5) is 11.6. The predicted octanol–water partition coefficient (Wildman–Crippen LogP) is 0.739. The van der Waals surface area contributed by atoms with Crippen LogP contribution in [-0.4, -0.2) is 37.8 Å². The third-order valence-electron chi connectivity index (χ3n) is 2.48. The van der Waals surface area contributed by atoms with Crippen LogP contribution in [-0.2, 0) is 20.8 Å². The molecule has 0 fully saturated rings. The molecule has 20 heavy (non-hydrogen) atoms. The van der Waals surface area contributed by atoms with Crippen molar-refractivity contribution in [3.05, 3.63) is 35.1 Å². The maximum atomic E-state index is 13.7. The molecule has 110 valence electrons. The monoisotopic (exact) mass is 300 g/mol. The van der Waals surface area contributed by atoms with Crippen LogP contribution in [0.5, 0.6) is 0 Å². The largest absolute Gasteiger partial charge is 0.389 e. The second-order valence-corrected chi connectivity index (χ2v) is 4.43. The van der Waals surface area contributed by atoms with Crippen molar-refractivity contribution in [3.63, 3.8) is 0 Å². The summed E-state index contributed by atoms with van der Waals surface area (Å²) in [5.41, 5.74) is 6.21. The van der Waals surface area contributed by atoms with Gasteiger partial charge in [0.1, 0.15) is 17.4 Å². The zero-order valence-electron chi connectivity index (χ0n) is 11.1. The minimum atomic E-state index is -0.462. The number of methoxy groups -OCH3 is 1. The van der Waals surface area contributed by atoms with E-state index in [1.54, 1.807) is 13.2 Å². The van der Waals surface area contributed by atoms with Gasteiger partial charge in [-0.1, -0.05) is 24.4 Å². The van der Waals surface area contributed by atoms with Crippen LogP contribution in [0.25, 0.3) is 0 Å². The molecule has 1 amide bonds. The summed E-state index contributed by atoms with van der Waals surface area (Å²) in [6.45, 7) is 0.745. The zero-order chi connectivity index (χ0) is 15.0. The van der Waals surface area contributed by atoms with Crippen LogP contribution in [0, 0.1) is 5.82 Å².